The van der Waals surface area contributed by atoms with Crippen molar-refractivity contribution in [2.75, 3.05) is 25.6 Å². The van der Waals surface area contributed by atoms with E-state index >= 15 is 0 Å². The predicted molar refractivity (Wildman–Crippen MR) is 76.3 cm³/mol. The Bertz CT molecular complexity index is 364. The summed E-state index contributed by atoms with van der Waals surface area (Å²) in [6.45, 7) is 7.36. The molecule has 18 heavy (non-hydrogen) atoms. The minimum absolute atomic E-state index is 0.209. The highest BCUT2D eigenvalue weighted by atomic mass is 16.5. The average molecular weight is 251 g/mol. The Morgan fingerprint density at radius 1 is 1.33 bits per heavy atom. The molecule has 1 atom stereocenters. The van der Waals surface area contributed by atoms with Crippen molar-refractivity contribution in [3.63, 3.8) is 0 Å². The molecule has 0 bridgehead atoms. The standard InChI is InChI=1S/C15H25NO2/c1-5-12-6-7-15(18-4)14(8-12)16-9-13(10-17)11(2)3/h6-8,11,13,16-17H,5,9-10H2,1-4H3. The molecule has 0 aliphatic rings. The van der Waals surface area contributed by atoms with Crippen LogP contribution in [0.15, 0.2) is 18.2 Å². The Balaban J connectivity index is 2.75. The van der Waals surface area contributed by atoms with Crippen LogP contribution in [0.4, 0.5) is 5.69 Å². The van der Waals surface area contributed by atoms with E-state index in [9.17, 15) is 5.11 Å². The smallest absolute Gasteiger partial charge is 0.141 e. The van der Waals surface area contributed by atoms with E-state index in [2.05, 4.69) is 38.2 Å². The van der Waals surface area contributed by atoms with E-state index in [1.807, 2.05) is 6.07 Å². The first-order valence-corrected chi connectivity index (χ1v) is 6.64. The van der Waals surface area contributed by atoms with E-state index in [0.29, 0.717) is 5.92 Å². The minimum Gasteiger partial charge on any atom is -0.495 e. The summed E-state index contributed by atoms with van der Waals surface area (Å²) in [5.74, 6) is 1.58. The van der Waals surface area contributed by atoms with Gasteiger partial charge in [0, 0.05) is 19.1 Å². The molecule has 3 nitrogen and oxygen atoms in total. The van der Waals surface area contributed by atoms with Gasteiger partial charge in [-0.2, -0.15) is 0 Å². The zero-order valence-electron chi connectivity index (χ0n) is 11.9. The first-order valence-electron chi connectivity index (χ1n) is 6.64. The van der Waals surface area contributed by atoms with E-state index in [1.165, 1.54) is 5.56 Å². The van der Waals surface area contributed by atoms with Crippen LogP contribution >= 0.6 is 0 Å². The van der Waals surface area contributed by atoms with Gasteiger partial charge in [0.1, 0.15) is 5.75 Å². The maximum atomic E-state index is 9.33. The van der Waals surface area contributed by atoms with Crippen molar-refractivity contribution >= 4 is 5.69 Å². The number of hydrogen-bond donors (Lipinski definition) is 2. The third-order valence-electron chi connectivity index (χ3n) is 3.40. The van der Waals surface area contributed by atoms with Crippen LogP contribution in [0, 0.1) is 11.8 Å². The van der Waals surface area contributed by atoms with Crippen molar-refractivity contribution in [1.82, 2.24) is 0 Å². The van der Waals surface area contributed by atoms with Crippen molar-refractivity contribution in [1.29, 1.82) is 0 Å². The van der Waals surface area contributed by atoms with Gasteiger partial charge in [0.2, 0.25) is 0 Å². The summed E-state index contributed by atoms with van der Waals surface area (Å²) in [6, 6.07) is 6.19. The van der Waals surface area contributed by atoms with E-state index < -0.39 is 0 Å². The number of hydrogen-bond acceptors (Lipinski definition) is 3. The van der Waals surface area contributed by atoms with Crippen LogP contribution in [0.3, 0.4) is 0 Å². The summed E-state index contributed by atoms with van der Waals surface area (Å²) in [6.07, 6.45) is 1.01. The Hall–Kier alpha value is -1.22. The highest BCUT2D eigenvalue weighted by molar-refractivity contribution is 5.58. The molecule has 0 radical (unpaired) electrons. The predicted octanol–water partition coefficient (Wildman–Crippen LogP) is 2.93. The van der Waals surface area contributed by atoms with Gasteiger partial charge in [-0.05, 0) is 30.0 Å². The number of rotatable bonds is 7. The number of aliphatic hydroxyl groups is 1. The second-order valence-corrected chi connectivity index (χ2v) is 4.96. The molecule has 0 aromatic heterocycles. The fraction of sp³-hybridized carbons (Fsp3) is 0.600. The normalized spacial score (nSPS) is 12.6. The van der Waals surface area contributed by atoms with Gasteiger partial charge in [-0.1, -0.05) is 26.8 Å². The van der Waals surface area contributed by atoms with Crippen molar-refractivity contribution < 1.29 is 9.84 Å². The van der Waals surface area contributed by atoms with Crippen molar-refractivity contribution in [3.8, 4) is 5.75 Å². The third kappa shape index (κ3) is 3.91. The van der Waals surface area contributed by atoms with Crippen LogP contribution in [-0.2, 0) is 6.42 Å². The number of aliphatic hydroxyl groups excluding tert-OH is 1. The van der Waals surface area contributed by atoms with Crippen molar-refractivity contribution in [2.45, 2.75) is 27.2 Å². The molecule has 1 aromatic rings. The molecule has 102 valence electrons. The Labute approximate surface area is 110 Å². The van der Waals surface area contributed by atoms with Gasteiger partial charge < -0.3 is 15.2 Å². The number of anilines is 1. The van der Waals surface area contributed by atoms with E-state index in [1.54, 1.807) is 7.11 Å². The highest BCUT2D eigenvalue weighted by Crippen LogP contribution is 2.26. The summed E-state index contributed by atoms with van der Waals surface area (Å²) in [7, 11) is 1.68. The monoisotopic (exact) mass is 251 g/mol. The molecule has 0 aliphatic heterocycles. The van der Waals surface area contributed by atoms with E-state index in [-0.39, 0.29) is 12.5 Å². The van der Waals surface area contributed by atoms with Crippen LogP contribution in [0.2, 0.25) is 0 Å². The fourth-order valence-electron chi connectivity index (χ4n) is 1.87. The van der Waals surface area contributed by atoms with Gasteiger partial charge in [-0.3, -0.25) is 0 Å². The number of methoxy groups -OCH3 is 1. The lowest BCUT2D eigenvalue weighted by Crippen LogP contribution is -2.23. The zero-order valence-corrected chi connectivity index (χ0v) is 11.9. The quantitative estimate of drug-likeness (QED) is 0.783. The molecule has 1 aromatic carbocycles. The lowest BCUT2D eigenvalue weighted by molar-refractivity contribution is 0.198. The van der Waals surface area contributed by atoms with Gasteiger partial charge in [-0.15, -0.1) is 0 Å². The first kappa shape index (κ1) is 14.8. The summed E-state index contributed by atoms with van der Waals surface area (Å²) in [5, 5.41) is 12.7. The summed E-state index contributed by atoms with van der Waals surface area (Å²) in [4.78, 5) is 0. The molecule has 1 rings (SSSR count). The molecule has 2 N–H and O–H groups in total. The van der Waals surface area contributed by atoms with Crippen LogP contribution in [0.25, 0.3) is 0 Å². The number of aryl methyl sites for hydroxylation is 1. The van der Waals surface area contributed by atoms with E-state index in [4.69, 9.17) is 4.74 Å². The second-order valence-electron chi connectivity index (χ2n) is 4.96. The summed E-state index contributed by atoms with van der Waals surface area (Å²) < 4.78 is 5.35. The van der Waals surface area contributed by atoms with Crippen LogP contribution < -0.4 is 10.1 Å². The van der Waals surface area contributed by atoms with Gasteiger partial charge >= 0.3 is 0 Å². The largest absolute Gasteiger partial charge is 0.495 e. The summed E-state index contributed by atoms with van der Waals surface area (Å²) in [5.41, 5.74) is 2.29. The molecule has 0 spiro atoms. The van der Waals surface area contributed by atoms with Gasteiger partial charge in [0.25, 0.3) is 0 Å². The molecule has 0 fully saturated rings. The van der Waals surface area contributed by atoms with Crippen LogP contribution in [0.1, 0.15) is 26.3 Å². The van der Waals surface area contributed by atoms with Gasteiger partial charge in [0.15, 0.2) is 0 Å². The molecular weight excluding hydrogens is 226 g/mol. The molecule has 1 unspecified atom stereocenters. The molecule has 0 aliphatic carbocycles. The van der Waals surface area contributed by atoms with Gasteiger partial charge in [-0.25, -0.2) is 0 Å². The SMILES string of the molecule is CCc1ccc(OC)c(NCC(CO)C(C)C)c1. The molecule has 0 heterocycles. The van der Waals surface area contributed by atoms with Crippen LogP contribution in [-0.4, -0.2) is 25.4 Å². The first-order chi connectivity index (χ1) is 8.62. The lowest BCUT2D eigenvalue weighted by Gasteiger charge is -2.20. The van der Waals surface area contributed by atoms with Crippen LogP contribution in [0.5, 0.6) is 5.75 Å². The fourth-order valence-corrected chi connectivity index (χ4v) is 1.87. The Morgan fingerprint density at radius 3 is 2.56 bits per heavy atom. The number of nitrogens with one attached hydrogen (secondary N) is 1. The second kappa shape index (κ2) is 7.27. The average Bonchev–Trinajstić information content (AvgIpc) is 2.38. The maximum Gasteiger partial charge on any atom is 0.141 e. The molecule has 3 heteroatoms. The van der Waals surface area contributed by atoms with Crippen molar-refractivity contribution in [3.05, 3.63) is 23.8 Å². The minimum atomic E-state index is 0.209. The van der Waals surface area contributed by atoms with E-state index in [0.717, 1.165) is 24.4 Å². The summed E-state index contributed by atoms with van der Waals surface area (Å²) >= 11 is 0. The highest BCUT2D eigenvalue weighted by Gasteiger charge is 2.13. The zero-order chi connectivity index (χ0) is 13.5. The number of ether oxygens (including phenoxy) is 1. The molecule has 0 saturated carbocycles. The number of benzene rings is 1. The van der Waals surface area contributed by atoms with Gasteiger partial charge in [0.05, 0.1) is 12.8 Å². The third-order valence-corrected chi connectivity index (χ3v) is 3.40. The molecule has 0 saturated heterocycles. The van der Waals surface area contributed by atoms with Crippen molar-refractivity contribution in [2.24, 2.45) is 11.8 Å². The maximum absolute atomic E-state index is 9.33. The topological polar surface area (TPSA) is 41.5 Å². The lowest BCUT2D eigenvalue weighted by atomic mass is 9.96. The molecular formula is C15H25NO2. The Morgan fingerprint density at radius 2 is 2.06 bits per heavy atom. The Kier molecular flexibility index (Phi) is 5.99. The molecule has 0 amide bonds.